The van der Waals surface area contributed by atoms with E-state index in [1.54, 1.807) is 0 Å². The molecular weight excluding hydrogens is 564 g/mol. The van der Waals surface area contributed by atoms with E-state index in [1.165, 1.54) is 47.6 Å². The fraction of sp³-hybridized carbons (Fsp3) is 0.700. The number of hydrogen-bond donors (Lipinski definition) is 1. The molecule has 0 amide bonds. The summed E-state index contributed by atoms with van der Waals surface area (Å²) >= 11 is 0. The Morgan fingerprint density at radius 3 is 1.22 bits per heavy atom. The first-order valence-corrected chi connectivity index (χ1v) is 11.3. The zero-order valence-corrected chi connectivity index (χ0v) is 20.7. The van der Waals surface area contributed by atoms with Gasteiger partial charge in [0.2, 0.25) is 0 Å². The summed E-state index contributed by atoms with van der Waals surface area (Å²) in [5, 5.41) is -7.50. The van der Waals surface area contributed by atoms with Gasteiger partial charge in [-0.3, -0.25) is 4.55 Å². The lowest BCUT2D eigenvalue weighted by molar-refractivity contribution is -0.441. The Balaban J connectivity index is 3.72. The summed E-state index contributed by atoms with van der Waals surface area (Å²) in [6, 6.07) is 2.71. The molecular formula is C20H22F12O4S. The summed E-state index contributed by atoms with van der Waals surface area (Å²) < 4.78 is 198. The van der Waals surface area contributed by atoms with Crippen molar-refractivity contribution < 1.29 is 70.4 Å². The minimum absolute atomic E-state index is 0.102. The molecule has 0 radical (unpaired) electrons. The third-order valence-corrected chi connectivity index (χ3v) is 6.03. The molecule has 0 fully saturated rings. The minimum Gasteiger partial charge on any atom is -0.428 e. The lowest BCUT2D eigenvalue weighted by Crippen LogP contribution is -2.72. The average Bonchev–Trinajstić information content (AvgIpc) is 2.64. The summed E-state index contributed by atoms with van der Waals surface area (Å²) in [6.45, 7) is 9.07. The van der Waals surface area contributed by atoms with Crippen LogP contribution in [-0.4, -0.2) is 48.0 Å². The molecule has 1 aromatic rings. The van der Waals surface area contributed by atoms with Crippen LogP contribution < -0.4 is 4.74 Å². The molecule has 0 unspecified atom stereocenters. The van der Waals surface area contributed by atoms with Gasteiger partial charge in [0.05, 0.1) is 0 Å². The van der Waals surface area contributed by atoms with Crippen LogP contribution in [0.3, 0.4) is 0 Å². The number of ether oxygens (including phenoxy) is 1. The Kier molecular flexibility index (Phi) is 7.89. The predicted molar refractivity (Wildman–Crippen MR) is 106 cm³/mol. The maximum absolute atomic E-state index is 14.3. The Labute approximate surface area is 203 Å². The first kappa shape index (κ1) is 33.1. The second kappa shape index (κ2) is 8.81. The molecule has 0 atom stereocenters. The van der Waals surface area contributed by atoms with Crippen molar-refractivity contribution in [3.8, 4) is 5.75 Å². The molecule has 1 aromatic carbocycles. The Morgan fingerprint density at radius 1 is 0.595 bits per heavy atom. The predicted octanol–water partition coefficient (Wildman–Crippen LogP) is 7.28. The van der Waals surface area contributed by atoms with E-state index >= 15 is 0 Å². The maximum Gasteiger partial charge on any atom is 0.471 e. The van der Waals surface area contributed by atoms with Crippen molar-refractivity contribution in [3.05, 3.63) is 29.3 Å². The van der Waals surface area contributed by atoms with Crippen LogP contribution in [0.25, 0.3) is 0 Å². The van der Waals surface area contributed by atoms with Crippen molar-refractivity contribution in [2.75, 3.05) is 0 Å². The third-order valence-electron chi connectivity index (χ3n) is 5.12. The normalized spacial score (nSPS) is 15.6. The molecule has 0 saturated heterocycles. The van der Waals surface area contributed by atoms with Gasteiger partial charge in [-0.05, 0) is 34.1 Å². The maximum atomic E-state index is 14.3. The summed E-state index contributed by atoms with van der Waals surface area (Å²) in [6.07, 6.45) is -6.75. The van der Waals surface area contributed by atoms with Crippen LogP contribution in [0, 0.1) is 0 Å². The topological polar surface area (TPSA) is 63.6 Å². The van der Waals surface area contributed by atoms with Gasteiger partial charge in [-0.15, -0.1) is 0 Å². The van der Waals surface area contributed by atoms with Gasteiger partial charge in [0.1, 0.15) is 5.75 Å². The van der Waals surface area contributed by atoms with E-state index in [-0.39, 0.29) is 11.1 Å². The molecule has 216 valence electrons. The van der Waals surface area contributed by atoms with Gasteiger partial charge in [0.25, 0.3) is 0 Å². The van der Waals surface area contributed by atoms with E-state index < -0.39 is 61.8 Å². The molecule has 4 nitrogen and oxygen atoms in total. The molecule has 0 heterocycles. The van der Waals surface area contributed by atoms with Gasteiger partial charge in [-0.2, -0.15) is 61.1 Å². The fourth-order valence-corrected chi connectivity index (χ4v) is 3.11. The molecule has 0 aliphatic rings. The van der Waals surface area contributed by atoms with Crippen LogP contribution in [0.1, 0.15) is 52.7 Å². The summed E-state index contributed by atoms with van der Waals surface area (Å²) in [5.74, 6) is -33.2. The van der Waals surface area contributed by atoms with Crippen LogP contribution >= 0.6 is 0 Å². The third kappa shape index (κ3) is 5.34. The molecule has 0 aliphatic heterocycles. The molecule has 17 heteroatoms. The number of hydrogen-bond acceptors (Lipinski definition) is 3. The van der Waals surface area contributed by atoms with E-state index in [1.807, 2.05) is 0 Å². The molecule has 1 rings (SSSR count). The smallest absolute Gasteiger partial charge is 0.428 e. The quantitative estimate of drug-likeness (QED) is 0.257. The minimum atomic E-state index is -8.18. The number of rotatable bonds is 8. The molecule has 1 N–H and O–H groups in total. The van der Waals surface area contributed by atoms with Crippen molar-refractivity contribution in [2.45, 2.75) is 87.4 Å². The first-order chi connectivity index (χ1) is 15.8. The molecule has 0 bridgehead atoms. The van der Waals surface area contributed by atoms with Gasteiger partial charge in [-0.25, -0.2) is 0 Å². The van der Waals surface area contributed by atoms with E-state index in [4.69, 9.17) is 4.55 Å². The van der Waals surface area contributed by atoms with Gasteiger partial charge >= 0.3 is 45.2 Å². The fourth-order valence-electron chi connectivity index (χ4n) is 2.66. The number of halogens is 12. The second-order valence-electron chi connectivity index (χ2n) is 10.2. The van der Waals surface area contributed by atoms with Gasteiger partial charge in [0.15, 0.2) is 0 Å². The van der Waals surface area contributed by atoms with Crippen molar-refractivity contribution in [2.24, 2.45) is 0 Å². The lowest BCUT2D eigenvalue weighted by atomic mass is 9.80. The first-order valence-electron chi connectivity index (χ1n) is 9.88. The Morgan fingerprint density at radius 2 is 0.919 bits per heavy atom. The highest BCUT2D eigenvalue weighted by Crippen LogP contribution is 2.60. The number of benzene rings is 1. The van der Waals surface area contributed by atoms with Crippen molar-refractivity contribution in [3.63, 3.8) is 0 Å². The van der Waals surface area contributed by atoms with Crippen LogP contribution in [0.5, 0.6) is 5.75 Å². The standard InChI is InChI=1S/C20H22F12O4S/c1-13(2,3)10-7-11(14(4,5)6)9-12(8-10)36-19(29,30)17(25,26)15(21,22)16(23,24)18(27,28)20(31,32)37(33,34)35/h7-9H,1-6H3,(H,33,34,35). The molecule has 0 saturated carbocycles. The SMILES string of the molecule is CC(C)(C)c1cc(OC(F)(F)C(F)(F)C(F)(F)C(F)(F)C(F)(F)C(F)(F)S(=O)(=O)O)cc(C(C)(C)C)c1. The second-order valence-corrected chi connectivity index (χ2v) is 11.6. The van der Waals surface area contributed by atoms with Gasteiger partial charge in [-0.1, -0.05) is 47.6 Å². The molecule has 0 aliphatic carbocycles. The lowest BCUT2D eigenvalue weighted by Gasteiger charge is -2.40. The van der Waals surface area contributed by atoms with Crippen LogP contribution in [0.2, 0.25) is 0 Å². The summed E-state index contributed by atoms with van der Waals surface area (Å²) in [4.78, 5) is 0. The number of alkyl halides is 12. The highest BCUT2D eigenvalue weighted by atomic mass is 32.2. The average molecular weight is 586 g/mol. The highest BCUT2D eigenvalue weighted by Gasteiger charge is 2.93. The summed E-state index contributed by atoms with van der Waals surface area (Å²) in [5.41, 5.74) is -1.61. The Bertz CT molecular complexity index is 1080. The van der Waals surface area contributed by atoms with Crippen molar-refractivity contribution >= 4 is 10.1 Å². The van der Waals surface area contributed by atoms with Gasteiger partial charge < -0.3 is 4.74 Å². The van der Waals surface area contributed by atoms with Gasteiger partial charge in [0, 0.05) is 0 Å². The van der Waals surface area contributed by atoms with Crippen molar-refractivity contribution in [1.29, 1.82) is 0 Å². The van der Waals surface area contributed by atoms with E-state index in [9.17, 15) is 61.1 Å². The van der Waals surface area contributed by atoms with E-state index in [2.05, 4.69) is 4.74 Å². The van der Waals surface area contributed by atoms with Crippen molar-refractivity contribution in [1.82, 2.24) is 0 Å². The molecule has 37 heavy (non-hydrogen) atoms. The van der Waals surface area contributed by atoms with Crippen LogP contribution in [0.4, 0.5) is 52.7 Å². The molecule has 0 aromatic heterocycles. The zero-order valence-electron chi connectivity index (χ0n) is 19.8. The monoisotopic (exact) mass is 586 g/mol. The Hall–Kier alpha value is -1.91. The van der Waals surface area contributed by atoms with Crippen LogP contribution in [0.15, 0.2) is 18.2 Å². The van der Waals surface area contributed by atoms with Crippen LogP contribution in [-0.2, 0) is 20.9 Å². The largest absolute Gasteiger partial charge is 0.471 e. The van der Waals surface area contributed by atoms with E-state index in [0.29, 0.717) is 12.1 Å². The zero-order chi connectivity index (χ0) is 30.1. The van der Waals surface area contributed by atoms with E-state index in [0.717, 1.165) is 0 Å². The summed E-state index contributed by atoms with van der Waals surface area (Å²) in [7, 11) is -7.63. The highest BCUT2D eigenvalue weighted by molar-refractivity contribution is 7.87. The molecule has 0 spiro atoms.